The molecular weight excluding hydrogens is 400 g/mol. The Labute approximate surface area is 163 Å². The first-order chi connectivity index (χ1) is 13.4. The third-order valence-electron chi connectivity index (χ3n) is 5.22. The zero-order valence-electron chi connectivity index (χ0n) is 15.4. The second-order valence-electron chi connectivity index (χ2n) is 7.24. The van der Waals surface area contributed by atoms with Gasteiger partial charge in [-0.15, -0.1) is 0 Å². The number of phenols is 2. The Morgan fingerprint density at radius 1 is 0.897 bits per heavy atom. The largest absolute Gasteiger partial charge is 0.504 e. The Kier molecular flexibility index (Phi) is 5.46. The molecule has 0 saturated heterocycles. The van der Waals surface area contributed by atoms with Gasteiger partial charge >= 0.3 is 12.4 Å². The van der Waals surface area contributed by atoms with Gasteiger partial charge in [0.1, 0.15) is 0 Å². The SMILES string of the molecule is CN1CCc2cc(O)c(O)cc2C1CCc1cc(C(F)(F)F)cc(C(F)(F)F)c1. The van der Waals surface area contributed by atoms with Crippen molar-refractivity contribution in [1.82, 2.24) is 4.90 Å². The van der Waals surface area contributed by atoms with E-state index in [1.54, 1.807) is 7.05 Å². The molecule has 0 aromatic heterocycles. The fraction of sp³-hybridized carbons (Fsp3) is 0.400. The minimum Gasteiger partial charge on any atom is -0.504 e. The highest BCUT2D eigenvalue weighted by molar-refractivity contribution is 5.48. The van der Waals surface area contributed by atoms with Gasteiger partial charge in [-0.3, -0.25) is 4.90 Å². The summed E-state index contributed by atoms with van der Waals surface area (Å²) >= 11 is 0. The molecule has 0 bridgehead atoms. The van der Waals surface area contributed by atoms with Crippen molar-refractivity contribution >= 4 is 0 Å². The van der Waals surface area contributed by atoms with Crippen molar-refractivity contribution in [2.45, 2.75) is 37.7 Å². The number of likely N-dealkylation sites (N-methyl/N-ethyl adjacent to an activating group) is 1. The topological polar surface area (TPSA) is 43.7 Å². The third kappa shape index (κ3) is 4.60. The Bertz CT molecular complexity index is 875. The van der Waals surface area contributed by atoms with Crippen LogP contribution in [0, 0.1) is 0 Å². The molecule has 0 radical (unpaired) electrons. The molecule has 0 saturated carbocycles. The number of nitrogens with zero attached hydrogens (tertiary/aromatic N) is 1. The van der Waals surface area contributed by atoms with Crippen molar-refractivity contribution in [3.63, 3.8) is 0 Å². The number of hydrogen-bond donors (Lipinski definition) is 2. The van der Waals surface area contributed by atoms with E-state index in [0.29, 0.717) is 18.5 Å². The molecule has 0 amide bonds. The summed E-state index contributed by atoms with van der Waals surface area (Å²) in [5.41, 5.74) is -1.22. The lowest BCUT2D eigenvalue weighted by atomic mass is 9.88. The Balaban J connectivity index is 1.91. The Morgan fingerprint density at radius 3 is 2.00 bits per heavy atom. The van der Waals surface area contributed by atoms with E-state index in [1.807, 2.05) is 4.90 Å². The standard InChI is InChI=1S/C20H19F6NO2/c1-27-5-4-12-8-17(28)18(29)10-15(12)16(27)3-2-11-6-13(19(21,22)23)9-14(7-11)20(24,25)26/h6-10,16,28-29H,2-5H2,1H3. The zero-order chi connectivity index (χ0) is 21.6. The lowest BCUT2D eigenvalue weighted by Gasteiger charge is -2.35. The van der Waals surface area contributed by atoms with Crippen LogP contribution in [0.4, 0.5) is 26.3 Å². The first-order valence-electron chi connectivity index (χ1n) is 8.89. The second kappa shape index (κ2) is 7.44. The average molecular weight is 419 g/mol. The lowest BCUT2D eigenvalue weighted by molar-refractivity contribution is -0.143. The molecule has 2 aromatic rings. The van der Waals surface area contributed by atoms with Crippen LogP contribution < -0.4 is 0 Å². The molecule has 2 N–H and O–H groups in total. The van der Waals surface area contributed by atoms with Crippen molar-refractivity contribution < 1.29 is 36.6 Å². The minimum atomic E-state index is -4.88. The molecule has 1 unspecified atom stereocenters. The number of halogens is 6. The summed E-state index contributed by atoms with van der Waals surface area (Å²) in [6.45, 7) is 0.609. The third-order valence-corrected chi connectivity index (χ3v) is 5.22. The van der Waals surface area contributed by atoms with Gasteiger partial charge in [-0.05, 0) is 73.3 Å². The number of rotatable bonds is 3. The Morgan fingerprint density at radius 2 is 1.45 bits per heavy atom. The predicted molar refractivity (Wildman–Crippen MR) is 93.6 cm³/mol. The first-order valence-corrected chi connectivity index (χ1v) is 8.89. The van der Waals surface area contributed by atoms with E-state index in [-0.39, 0.29) is 42.0 Å². The van der Waals surface area contributed by atoms with Gasteiger partial charge in [0, 0.05) is 12.6 Å². The van der Waals surface area contributed by atoms with Gasteiger partial charge in [-0.1, -0.05) is 0 Å². The first kappa shape index (κ1) is 21.3. The van der Waals surface area contributed by atoms with Gasteiger partial charge in [-0.2, -0.15) is 26.3 Å². The maximum absolute atomic E-state index is 13.0. The molecule has 1 aliphatic heterocycles. The molecule has 1 atom stereocenters. The number of fused-ring (bicyclic) bond motifs is 1. The fourth-order valence-corrected chi connectivity index (χ4v) is 3.70. The van der Waals surface area contributed by atoms with Crippen LogP contribution in [0.25, 0.3) is 0 Å². The van der Waals surface area contributed by atoms with E-state index >= 15 is 0 Å². The van der Waals surface area contributed by atoms with Gasteiger partial charge < -0.3 is 10.2 Å². The molecule has 158 valence electrons. The van der Waals surface area contributed by atoms with Crippen LogP contribution in [0.3, 0.4) is 0 Å². The number of aryl methyl sites for hydroxylation is 1. The quantitative estimate of drug-likeness (QED) is 0.524. The maximum atomic E-state index is 13.0. The molecule has 9 heteroatoms. The van der Waals surface area contributed by atoms with E-state index in [2.05, 4.69) is 0 Å². The molecule has 0 fully saturated rings. The van der Waals surface area contributed by atoms with Gasteiger partial charge in [0.15, 0.2) is 11.5 Å². The minimum absolute atomic E-state index is 0.0108. The molecule has 0 spiro atoms. The second-order valence-corrected chi connectivity index (χ2v) is 7.24. The summed E-state index contributed by atoms with van der Waals surface area (Å²) in [5, 5.41) is 19.5. The molecule has 1 aliphatic rings. The summed E-state index contributed by atoms with van der Waals surface area (Å²) in [6.07, 6.45) is -8.91. The van der Waals surface area contributed by atoms with Crippen molar-refractivity contribution in [2.75, 3.05) is 13.6 Å². The molecular formula is C20H19F6NO2. The smallest absolute Gasteiger partial charge is 0.416 e. The molecule has 1 heterocycles. The molecule has 2 aromatic carbocycles. The highest BCUT2D eigenvalue weighted by Crippen LogP contribution is 2.40. The molecule has 3 nitrogen and oxygen atoms in total. The van der Waals surface area contributed by atoms with Crippen molar-refractivity contribution in [2.24, 2.45) is 0 Å². The van der Waals surface area contributed by atoms with Crippen molar-refractivity contribution in [3.8, 4) is 11.5 Å². The number of hydrogen-bond acceptors (Lipinski definition) is 3. The van der Waals surface area contributed by atoms with Crippen LogP contribution in [0.1, 0.15) is 40.3 Å². The van der Waals surface area contributed by atoms with E-state index < -0.39 is 23.5 Å². The van der Waals surface area contributed by atoms with Gasteiger partial charge in [0.25, 0.3) is 0 Å². The van der Waals surface area contributed by atoms with Crippen LogP contribution in [-0.4, -0.2) is 28.7 Å². The normalized spacial score (nSPS) is 18.0. The van der Waals surface area contributed by atoms with Crippen LogP contribution in [0.15, 0.2) is 30.3 Å². The van der Waals surface area contributed by atoms with Crippen LogP contribution >= 0.6 is 0 Å². The van der Waals surface area contributed by atoms with E-state index in [4.69, 9.17) is 0 Å². The highest BCUT2D eigenvalue weighted by Gasteiger charge is 2.37. The number of aromatic hydroxyl groups is 2. The summed E-state index contributed by atoms with van der Waals surface area (Å²) < 4.78 is 78.3. The summed E-state index contributed by atoms with van der Waals surface area (Å²) in [4.78, 5) is 1.93. The molecule has 29 heavy (non-hydrogen) atoms. The van der Waals surface area contributed by atoms with E-state index in [1.165, 1.54) is 12.1 Å². The van der Waals surface area contributed by atoms with Crippen molar-refractivity contribution in [1.29, 1.82) is 0 Å². The maximum Gasteiger partial charge on any atom is 0.416 e. The summed E-state index contributed by atoms with van der Waals surface area (Å²) in [5.74, 6) is -0.581. The summed E-state index contributed by atoms with van der Waals surface area (Å²) in [6, 6.07) is 4.14. The average Bonchev–Trinajstić information content (AvgIpc) is 2.61. The monoisotopic (exact) mass is 419 g/mol. The van der Waals surface area contributed by atoms with Crippen molar-refractivity contribution in [3.05, 3.63) is 58.1 Å². The molecule has 0 aliphatic carbocycles. The predicted octanol–water partition coefficient (Wildman–Crippen LogP) is 5.30. The highest BCUT2D eigenvalue weighted by atomic mass is 19.4. The number of alkyl halides is 6. The van der Waals surface area contributed by atoms with E-state index in [9.17, 15) is 36.6 Å². The van der Waals surface area contributed by atoms with Gasteiger partial charge in [0.2, 0.25) is 0 Å². The Hall–Kier alpha value is -2.42. The number of benzene rings is 2. The lowest BCUT2D eigenvalue weighted by Crippen LogP contribution is -2.32. The zero-order valence-corrected chi connectivity index (χ0v) is 15.4. The van der Waals surface area contributed by atoms with E-state index in [0.717, 1.165) is 17.7 Å². The van der Waals surface area contributed by atoms with Gasteiger partial charge in [-0.25, -0.2) is 0 Å². The van der Waals surface area contributed by atoms with Crippen LogP contribution in [-0.2, 0) is 25.2 Å². The van der Waals surface area contributed by atoms with Crippen LogP contribution in [0.2, 0.25) is 0 Å². The summed E-state index contributed by atoms with van der Waals surface area (Å²) in [7, 11) is 1.80. The fourth-order valence-electron chi connectivity index (χ4n) is 3.70. The molecule has 3 rings (SSSR count). The van der Waals surface area contributed by atoms with Gasteiger partial charge in [0.05, 0.1) is 11.1 Å². The number of phenolic OH excluding ortho intramolecular Hbond substituents is 2. The van der Waals surface area contributed by atoms with Crippen LogP contribution in [0.5, 0.6) is 11.5 Å².